The molecule has 1 aromatic carbocycles. The molecule has 0 saturated carbocycles. The van der Waals surface area contributed by atoms with Crippen molar-refractivity contribution >= 4 is 33.6 Å². The molecule has 0 aliphatic carbocycles. The molecule has 23 heavy (non-hydrogen) atoms. The maximum atomic E-state index is 12.3. The van der Waals surface area contributed by atoms with Gasteiger partial charge in [0, 0.05) is 32.9 Å². The van der Waals surface area contributed by atoms with Gasteiger partial charge in [0.2, 0.25) is 5.56 Å². The Hall–Kier alpha value is -1.53. The Bertz CT molecular complexity index is 754. The predicted octanol–water partition coefficient (Wildman–Crippen LogP) is 3.75. The molecule has 0 saturated heterocycles. The number of rotatable bonds is 5. The van der Waals surface area contributed by atoms with Crippen molar-refractivity contribution in [3.63, 3.8) is 0 Å². The second-order valence-corrected chi connectivity index (χ2v) is 8.59. The molecule has 0 aliphatic rings. The van der Waals surface area contributed by atoms with Crippen LogP contribution in [0, 0.1) is 6.92 Å². The second kappa shape index (κ2) is 7.36. The van der Waals surface area contributed by atoms with Gasteiger partial charge in [0.25, 0.3) is 5.91 Å². The lowest BCUT2D eigenvalue weighted by Crippen LogP contribution is -2.36. The van der Waals surface area contributed by atoms with Crippen LogP contribution in [0.4, 0.5) is 0 Å². The van der Waals surface area contributed by atoms with E-state index in [0.717, 1.165) is 9.37 Å². The highest BCUT2D eigenvalue weighted by molar-refractivity contribution is 9.10. The van der Waals surface area contributed by atoms with Crippen molar-refractivity contribution in [2.45, 2.75) is 30.4 Å². The van der Waals surface area contributed by atoms with Crippen LogP contribution < -0.4 is 10.9 Å². The predicted molar refractivity (Wildman–Crippen MR) is 98.2 cm³/mol. The molecule has 1 aromatic heterocycles. The van der Waals surface area contributed by atoms with Gasteiger partial charge in [0.1, 0.15) is 0 Å². The highest BCUT2D eigenvalue weighted by Gasteiger charge is 2.21. The van der Waals surface area contributed by atoms with E-state index < -0.39 is 0 Å². The first-order valence-electron chi connectivity index (χ1n) is 7.19. The highest BCUT2D eigenvalue weighted by atomic mass is 79.9. The van der Waals surface area contributed by atoms with Gasteiger partial charge < -0.3 is 10.3 Å². The molecule has 0 fully saturated rings. The summed E-state index contributed by atoms with van der Waals surface area (Å²) in [7, 11) is 0. The van der Waals surface area contributed by atoms with Gasteiger partial charge in [-0.3, -0.25) is 9.59 Å². The minimum absolute atomic E-state index is 0.153. The van der Waals surface area contributed by atoms with Crippen LogP contribution in [0.3, 0.4) is 0 Å². The Morgan fingerprint density at radius 2 is 1.96 bits per heavy atom. The van der Waals surface area contributed by atoms with Gasteiger partial charge in [0.15, 0.2) is 0 Å². The molecule has 0 aliphatic heterocycles. The van der Waals surface area contributed by atoms with E-state index in [4.69, 9.17) is 0 Å². The summed E-state index contributed by atoms with van der Waals surface area (Å²) in [6, 6.07) is 9.52. The van der Waals surface area contributed by atoms with E-state index in [1.54, 1.807) is 18.7 Å². The number of nitrogens with one attached hydrogen (secondary N) is 2. The Morgan fingerprint density at radius 1 is 1.30 bits per heavy atom. The Balaban J connectivity index is 1.99. The van der Waals surface area contributed by atoms with Crippen molar-refractivity contribution in [1.82, 2.24) is 10.3 Å². The van der Waals surface area contributed by atoms with E-state index in [1.807, 2.05) is 24.3 Å². The topological polar surface area (TPSA) is 62.0 Å². The summed E-state index contributed by atoms with van der Waals surface area (Å²) in [6.07, 6.45) is 1.46. The summed E-state index contributed by atoms with van der Waals surface area (Å²) in [5.41, 5.74) is 0.962. The van der Waals surface area contributed by atoms with Crippen LogP contribution >= 0.6 is 27.7 Å². The monoisotopic (exact) mass is 394 g/mol. The number of H-pyrrole nitrogens is 1. The van der Waals surface area contributed by atoms with Crippen LogP contribution in [0.1, 0.15) is 29.8 Å². The summed E-state index contributed by atoms with van der Waals surface area (Å²) < 4.78 is 0.890. The Kier molecular flexibility index (Phi) is 5.70. The zero-order chi connectivity index (χ0) is 17.0. The van der Waals surface area contributed by atoms with E-state index in [9.17, 15) is 9.59 Å². The van der Waals surface area contributed by atoms with Crippen molar-refractivity contribution in [1.29, 1.82) is 0 Å². The summed E-state index contributed by atoms with van der Waals surface area (Å²) in [5, 5.41) is 2.94. The van der Waals surface area contributed by atoms with Crippen LogP contribution in [0.15, 0.2) is 50.7 Å². The molecule has 0 radical (unpaired) electrons. The largest absolute Gasteiger partial charge is 0.351 e. The standard InChI is InChI=1S/C17H19BrN2O2S/c1-11-8-15(21)19-9-14(11)16(22)20-10-17(2,3)23-13-6-4-12(18)5-7-13/h4-9H,10H2,1-3H3,(H,19,21)(H,20,22). The van der Waals surface area contributed by atoms with Crippen molar-refractivity contribution in [2.24, 2.45) is 0 Å². The number of thioether (sulfide) groups is 1. The Morgan fingerprint density at radius 3 is 2.57 bits per heavy atom. The number of aromatic nitrogens is 1. The SMILES string of the molecule is Cc1cc(=O)[nH]cc1C(=O)NCC(C)(C)Sc1ccc(Br)cc1. The summed E-state index contributed by atoms with van der Waals surface area (Å²) in [6.45, 7) is 6.44. The zero-order valence-corrected chi connectivity index (χ0v) is 15.7. The van der Waals surface area contributed by atoms with E-state index in [0.29, 0.717) is 17.7 Å². The van der Waals surface area contributed by atoms with Crippen LogP contribution in [-0.4, -0.2) is 22.2 Å². The average molecular weight is 395 g/mol. The van der Waals surface area contributed by atoms with Gasteiger partial charge in [-0.2, -0.15) is 0 Å². The summed E-state index contributed by atoms with van der Waals surface area (Å²) in [5.74, 6) is -0.178. The molecule has 0 atom stereocenters. The fraction of sp³-hybridized carbons (Fsp3) is 0.294. The normalized spacial score (nSPS) is 11.3. The highest BCUT2D eigenvalue weighted by Crippen LogP contribution is 2.32. The third-order valence-electron chi connectivity index (χ3n) is 3.26. The lowest BCUT2D eigenvalue weighted by Gasteiger charge is -2.24. The molecular weight excluding hydrogens is 376 g/mol. The molecule has 122 valence electrons. The Labute approximate surface area is 148 Å². The minimum Gasteiger partial charge on any atom is -0.351 e. The fourth-order valence-corrected chi connectivity index (χ4v) is 3.38. The first kappa shape index (κ1) is 17.8. The molecule has 1 amide bonds. The number of aromatic amines is 1. The van der Waals surface area contributed by atoms with Crippen LogP contribution in [0.25, 0.3) is 0 Å². The fourth-order valence-electron chi connectivity index (χ4n) is 2.06. The van der Waals surface area contributed by atoms with Gasteiger partial charge in [-0.25, -0.2) is 0 Å². The summed E-state index contributed by atoms with van der Waals surface area (Å²) >= 11 is 5.13. The first-order chi connectivity index (χ1) is 10.8. The van der Waals surface area contributed by atoms with E-state index >= 15 is 0 Å². The molecule has 2 N–H and O–H groups in total. The average Bonchev–Trinajstić information content (AvgIpc) is 2.47. The maximum Gasteiger partial charge on any atom is 0.253 e. The van der Waals surface area contributed by atoms with Gasteiger partial charge >= 0.3 is 0 Å². The number of pyridine rings is 1. The van der Waals surface area contributed by atoms with Gasteiger partial charge in [-0.05, 0) is 50.6 Å². The third-order valence-corrected chi connectivity index (χ3v) is 4.99. The molecule has 2 rings (SSSR count). The number of benzene rings is 1. The molecule has 4 nitrogen and oxygen atoms in total. The van der Waals surface area contributed by atoms with Crippen molar-refractivity contribution < 1.29 is 4.79 Å². The second-order valence-electron chi connectivity index (χ2n) is 5.89. The maximum absolute atomic E-state index is 12.3. The minimum atomic E-state index is -0.204. The quantitative estimate of drug-likeness (QED) is 0.759. The number of carbonyl (C=O) groups excluding carboxylic acids is 1. The van der Waals surface area contributed by atoms with E-state index in [-0.39, 0.29) is 16.2 Å². The van der Waals surface area contributed by atoms with Gasteiger partial charge in [-0.1, -0.05) is 15.9 Å². The first-order valence-corrected chi connectivity index (χ1v) is 8.80. The molecule has 2 aromatic rings. The smallest absolute Gasteiger partial charge is 0.253 e. The summed E-state index contributed by atoms with van der Waals surface area (Å²) in [4.78, 5) is 27.2. The number of hydrogen-bond donors (Lipinski definition) is 2. The van der Waals surface area contributed by atoms with Gasteiger partial charge in [-0.15, -0.1) is 11.8 Å². The van der Waals surface area contributed by atoms with Crippen LogP contribution in [0.2, 0.25) is 0 Å². The van der Waals surface area contributed by atoms with Crippen LogP contribution in [0.5, 0.6) is 0 Å². The molecule has 0 spiro atoms. The number of aryl methyl sites for hydroxylation is 1. The number of hydrogen-bond acceptors (Lipinski definition) is 3. The molecule has 0 bridgehead atoms. The molecule has 6 heteroatoms. The molecular formula is C17H19BrN2O2S. The van der Waals surface area contributed by atoms with E-state index in [2.05, 4.69) is 40.1 Å². The van der Waals surface area contributed by atoms with E-state index in [1.165, 1.54) is 12.3 Å². The number of halogens is 1. The third kappa shape index (κ3) is 5.25. The van der Waals surface area contributed by atoms with Crippen LogP contribution in [-0.2, 0) is 0 Å². The number of amides is 1. The molecule has 1 heterocycles. The number of carbonyl (C=O) groups is 1. The van der Waals surface area contributed by atoms with Gasteiger partial charge in [0.05, 0.1) is 5.56 Å². The molecule has 0 unspecified atom stereocenters. The zero-order valence-electron chi connectivity index (χ0n) is 13.3. The van der Waals surface area contributed by atoms with Crippen molar-refractivity contribution in [2.75, 3.05) is 6.54 Å². The lowest BCUT2D eigenvalue weighted by atomic mass is 10.1. The van der Waals surface area contributed by atoms with Crippen molar-refractivity contribution in [3.05, 3.63) is 62.5 Å². The van der Waals surface area contributed by atoms with Crippen molar-refractivity contribution in [3.8, 4) is 0 Å². The lowest BCUT2D eigenvalue weighted by molar-refractivity contribution is 0.0950.